The molecule has 6 nitrogen and oxygen atoms in total. The zero-order chi connectivity index (χ0) is 15.6. The van der Waals surface area contributed by atoms with Gasteiger partial charge >= 0.3 is 5.97 Å². The summed E-state index contributed by atoms with van der Waals surface area (Å²) in [5.74, 6) is 0.135. The first-order valence-electron chi connectivity index (χ1n) is 6.63. The van der Waals surface area contributed by atoms with Crippen LogP contribution in [0.1, 0.15) is 23.2 Å². The number of carbonyl (C=O) groups is 2. The molecular weight excluding hydrogens is 294 g/mol. The quantitative estimate of drug-likeness (QED) is 0.481. The third-order valence-corrected chi connectivity index (χ3v) is 3.90. The normalized spacial score (nSPS) is 21.2. The van der Waals surface area contributed by atoms with E-state index in [1.165, 1.54) is 13.3 Å². The number of methoxy groups -OCH3 is 1. The molecule has 1 fully saturated rings. The van der Waals surface area contributed by atoms with Crippen molar-refractivity contribution in [2.45, 2.75) is 24.4 Å². The Bertz CT molecular complexity index is 533. The summed E-state index contributed by atoms with van der Waals surface area (Å²) in [5, 5.41) is 0. The molecule has 1 aromatic heterocycles. The highest BCUT2D eigenvalue weighted by Crippen LogP contribution is 2.32. The highest BCUT2D eigenvalue weighted by molar-refractivity contribution is 6.22. The van der Waals surface area contributed by atoms with Crippen molar-refractivity contribution in [1.29, 1.82) is 0 Å². The van der Waals surface area contributed by atoms with E-state index in [1.54, 1.807) is 36.0 Å². The van der Waals surface area contributed by atoms with Crippen LogP contribution in [-0.4, -0.2) is 54.5 Å². The van der Waals surface area contributed by atoms with Gasteiger partial charge in [-0.1, -0.05) is 11.6 Å². The van der Waals surface area contributed by atoms with E-state index >= 15 is 0 Å². The number of esters is 1. The average Bonchev–Trinajstić information content (AvgIpc) is 2.87. The first-order valence-corrected chi connectivity index (χ1v) is 7.07. The molecular formula is C14H18ClN3O3. The Kier molecular flexibility index (Phi) is 4.67. The highest BCUT2D eigenvalue weighted by Gasteiger charge is 2.38. The molecule has 0 saturated carbocycles. The fourth-order valence-corrected chi connectivity index (χ4v) is 2.75. The Morgan fingerprint density at radius 2 is 2.10 bits per heavy atom. The van der Waals surface area contributed by atoms with Gasteiger partial charge in [-0.25, -0.2) is 9.78 Å². The second-order valence-electron chi connectivity index (χ2n) is 5.06. The molecule has 7 heteroatoms. The summed E-state index contributed by atoms with van der Waals surface area (Å²) in [6, 6.07) is 2.98. The second-order valence-corrected chi connectivity index (χ2v) is 5.57. The Morgan fingerprint density at radius 1 is 1.38 bits per heavy atom. The van der Waals surface area contributed by atoms with Gasteiger partial charge in [0.2, 0.25) is 5.91 Å². The first-order chi connectivity index (χ1) is 9.95. The van der Waals surface area contributed by atoms with Gasteiger partial charge in [-0.3, -0.25) is 4.79 Å². The smallest absolute Gasteiger partial charge is 0.339 e. The van der Waals surface area contributed by atoms with E-state index < -0.39 is 5.97 Å². The molecule has 0 aromatic carbocycles. The lowest BCUT2D eigenvalue weighted by Gasteiger charge is -2.29. The van der Waals surface area contributed by atoms with Crippen LogP contribution in [0, 0.1) is 0 Å². The van der Waals surface area contributed by atoms with E-state index in [0.717, 1.165) is 0 Å². The summed E-state index contributed by atoms with van der Waals surface area (Å²) in [6.45, 7) is 0. The van der Waals surface area contributed by atoms with Crippen LogP contribution in [0.15, 0.2) is 18.3 Å². The maximum Gasteiger partial charge on any atom is 0.339 e. The van der Waals surface area contributed by atoms with Crippen LogP contribution in [0.25, 0.3) is 0 Å². The lowest BCUT2D eigenvalue weighted by Crippen LogP contribution is -2.44. The number of ether oxygens (including phenoxy) is 1. The van der Waals surface area contributed by atoms with Gasteiger partial charge in [0.1, 0.15) is 17.4 Å². The van der Waals surface area contributed by atoms with Crippen LogP contribution in [0.2, 0.25) is 0 Å². The number of halogens is 1. The van der Waals surface area contributed by atoms with Crippen molar-refractivity contribution < 1.29 is 14.3 Å². The van der Waals surface area contributed by atoms with Gasteiger partial charge in [0.05, 0.1) is 12.7 Å². The van der Waals surface area contributed by atoms with Crippen molar-refractivity contribution in [1.82, 2.24) is 9.88 Å². The molecule has 0 spiro atoms. The number of carbonyl (C=O) groups excluding carboxylic acids is 2. The zero-order valence-corrected chi connectivity index (χ0v) is 13.0. The largest absolute Gasteiger partial charge is 0.465 e. The van der Waals surface area contributed by atoms with Crippen molar-refractivity contribution >= 4 is 29.3 Å². The summed E-state index contributed by atoms with van der Waals surface area (Å²) in [7, 11) is 4.75. The number of hydrogen-bond donors (Lipinski definition) is 0. The molecule has 1 aliphatic heterocycles. The van der Waals surface area contributed by atoms with Gasteiger partial charge < -0.3 is 14.5 Å². The van der Waals surface area contributed by atoms with E-state index in [0.29, 0.717) is 24.2 Å². The third-order valence-electron chi connectivity index (χ3n) is 3.48. The number of nitrogens with zero attached hydrogens (tertiary/aromatic N) is 3. The van der Waals surface area contributed by atoms with Crippen LogP contribution >= 0.6 is 11.6 Å². The van der Waals surface area contributed by atoms with E-state index in [9.17, 15) is 9.59 Å². The zero-order valence-electron chi connectivity index (χ0n) is 12.2. The maximum absolute atomic E-state index is 12.2. The predicted octanol–water partition coefficient (Wildman–Crippen LogP) is 1.49. The molecule has 0 aliphatic carbocycles. The molecule has 0 radical (unpaired) electrons. The van der Waals surface area contributed by atoms with Crippen molar-refractivity contribution in [3.8, 4) is 0 Å². The van der Waals surface area contributed by atoms with Crippen molar-refractivity contribution in [2.24, 2.45) is 0 Å². The number of amides is 1. The molecule has 1 aliphatic rings. The van der Waals surface area contributed by atoms with Crippen molar-refractivity contribution in [2.75, 3.05) is 26.1 Å². The standard InChI is InChI=1S/C14H18ClN3O3/c1-17(2)13(19)10-5-6-11(15)18(10)12-7-4-9(8-16-12)14(20)21-3/h4,7-8,10-11H,5-6H2,1-3H3. The highest BCUT2D eigenvalue weighted by atomic mass is 35.5. The topological polar surface area (TPSA) is 62.7 Å². The minimum atomic E-state index is -0.446. The number of anilines is 1. The van der Waals surface area contributed by atoms with E-state index in [2.05, 4.69) is 9.72 Å². The molecule has 2 atom stereocenters. The molecule has 0 bridgehead atoms. The molecule has 21 heavy (non-hydrogen) atoms. The van der Waals surface area contributed by atoms with Crippen LogP contribution in [0.5, 0.6) is 0 Å². The van der Waals surface area contributed by atoms with Crippen LogP contribution in [0.3, 0.4) is 0 Å². The van der Waals surface area contributed by atoms with Crippen LogP contribution in [0.4, 0.5) is 5.82 Å². The van der Waals surface area contributed by atoms with Crippen LogP contribution in [-0.2, 0) is 9.53 Å². The molecule has 0 N–H and O–H groups in total. The predicted molar refractivity (Wildman–Crippen MR) is 79.4 cm³/mol. The number of pyridine rings is 1. The molecule has 1 saturated heterocycles. The van der Waals surface area contributed by atoms with Gasteiger partial charge in [-0.2, -0.15) is 0 Å². The Balaban J connectivity index is 2.25. The Labute approximate surface area is 128 Å². The number of hydrogen-bond acceptors (Lipinski definition) is 5. The minimum absolute atomic E-state index is 0.00278. The molecule has 1 amide bonds. The Morgan fingerprint density at radius 3 is 2.62 bits per heavy atom. The Hall–Kier alpha value is -1.82. The fraction of sp³-hybridized carbons (Fsp3) is 0.500. The number of likely N-dealkylation sites (N-methyl/N-ethyl adjacent to an activating group) is 1. The number of rotatable bonds is 3. The molecule has 114 valence electrons. The van der Waals surface area contributed by atoms with Crippen molar-refractivity contribution in [3.63, 3.8) is 0 Å². The van der Waals surface area contributed by atoms with Gasteiger partial charge in [-0.15, -0.1) is 0 Å². The average molecular weight is 312 g/mol. The van der Waals surface area contributed by atoms with Gasteiger partial charge in [0.15, 0.2) is 0 Å². The van der Waals surface area contributed by atoms with Crippen molar-refractivity contribution in [3.05, 3.63) is 23.9 Å². The summed E-state index contributed by atoms with van der Waals surface area (Å²) in [4.78, 5) is 31.2. The minimum Gasteiger partial charge on any atom is -0.465 e. The lowest BCUT2D eigenvalue weighted by molar-refractivity contribution is -0.129. The third kappa shape index (κ3) is 3.10. The monoisotopic (exact) mass is 311 g/mol. The summed E-state index contributed by atoms with van der Waals surface area (Å²) in [6.07, 6.45) is 2.83. The first kappa shape index (κ1) is 15.6. The molecule has 2 unspecified atom stereocenters. The van der Waals surface area contributed by atoms with E-state index in [1.807, 2.05) is 0 Å². The molecule has 2 heterocycles. The fourth-order valence-electron chi connectivity index (χ4n) is 2.39. The second kappa shape index (κ2) is 6.30. The number of aromatic nitrogens is 1. The SMILES string of the molecule is COC(=O)c1ccc(N2C(Cl)CCC2C(=O)N(C)C)nc1. The van der Waals surface area contributed by atoms with Crippen LogP contribution < -0.4 is 4.90 Å². The summed E-state index contributed by atoms with van der Waals surface area (Å²) >= 11 is 6.31. The molecule has 1 aromatic rings. The summed E-state index contributed by atoms with van der Waals surface area (Å²) in [5.41, 5.74) is 0.0810. The molecule has 2 rings (SSSR count). The number of alkyl halides is 1. The van der Waals surface area contributed by atoms with Gasteiger partial charge in [0, 0.05) is 20.3 Å². The van der Waals surface area contributed by atoms with E-state index in [4.69, 9.17) is 11.6 Å². The van der Waals surface area contributed by atoms with Gasteiger partial charge in [0.25, 0.3) is 0 Å². The lowest BCUT2D eigenvalue weighted by atomic mass is 10.2. The maximum atomic E-state index is 12.2. The van der Waals surface area contributed by atoms with Gasteiger partial charge in [-0.05, 0) is 25.0 Å². The summed E-state index contributed by atoms with van der Waals surface area (Å²) < 4.78 is 4.63. The van der Waals surface area contributed by atoms with E-state index in [-0.39, 0.29) is 17.5 Å².